The van der Waals surface area contributed by atoms with E-state index in [0.717, 1.165) is 28.3 Å². The number of amides is 1. The van der Waals surface area contributed by atoms with Crippen LogP contribution >= 0.6 is 0 Å². The molecule has 7 heteroatoms. The number of furan rings is 1. The Morgan fingerprint density at radius 2 is 1.93 bits per heavy atom. The molecule has 2 heterocycles. The smallest absolute Gasteiger partial charge is 0.339 e. The van der Waals surface area contributed by atoms with Crippen LogP contribution in [0.5, 0.6) is 0 Å². The Bertz CT molecular complexity index is 1120. The van der Waals surface area contributed by atoms with Crippen molar-refractivity contribution in [1.29, 1.82) is 0 Å². The number of aliphatic carboxylic acids is 1. The van der Waals surface area contributed by atoms with E-state index < -0.39 is 23.5 Å². The fourth-order valence-electron chi connectivity index (χ4n) is 3.50. The molecular formula is C22H25NO6. The topological polar surface area (TPSA) is 110 Å². The number of carboxylic acid groups (broad SMARTS) is 1. The van der Waals surface area contributed by atoms with Gasteiger partial charge in [0, 0.05) is 28.8 Å². The zero-order valence-corrected chi connectivity index (χ0v) is 16.8. The third-order valence-electron chi connectivity index (χ3n) is 5.26. The van der Waals surface area contributed by atoms with Gasteiger partial charge in [0.15, 0.2) is 0 Å². The van der Waals surface area contributed by atoms with Crippen molar-refractivity contribution in [3.05, 3.63) is 45.5 Å². The lowest BCUT2D eigenvalue weighted by Gasteiger charge is -2.14. The van der Waals surface area contributed by atoms with Gasteiger partial charge in [-0.25, -0.2) is 9.59 Å². The molecule has 29 heavy (non-hydrogen) atoms. The third kappa shape index (κ3) is 4.34. The van der Waals surface area contributed by atoms with Crippen LogP contribution in [-0.2, 0) is 16.0 Å². The van der Waals surface area contributed by atoms with E-state index in [-0.39, 0.29) is 12.8 Å². The van der Waals surface area contributed by atoms with E-state index in [0.29, 0.717) is 29.6 Å². The minimum Gasteiger partial charge on any atom is -0.480 e. The average molecular weight is 399 g/mol. The van der Waals surface area contributed by atoms with Crippen LogP contribution in [-0.4, -0.2) is 23.0 Å². The lowest BCUT2D eigenvalue weighted by molar-refractivity contribution is -0.142. The molecule has 1 atom stereocenters. The molecule has 0 fully saturated rings. The second-order valence-corrected chi connectivity index (χ2v) is 7.36. The molecule has 0 aliphatic rings. The Hall–Kier alpha value is -3.09. The Morgan fingerprint density at radius 3 is 2.62 bits per heavy atom. The van der Waals surface area contributed by atoms with Gasteiger partial charge in [0.2, 0.25) is 5.91 Å². The summed E-state index contributed by atoms with van der Waals surface area (Å²) in [6.07, 6.45) is 3.79. The predicted molar refractivity (Wildman–Crippen MR) is 109 cm³/mol. The minimum atomic E-state index is -1.05. The van der Waals surface area contributed by atoms with Crippen LogP contribution in [0.15, 0.2) is 32.0 Å². The summed E-state index contributed by atoms with van der Waals surface area (Å²) in [4.78, 5) is 36.0. The van der Waals surface area contributed by atoms with Crippen LogP contribution in [0, 0.1) is 13.8 Å². The first kappa shape index (κ1) is 20.6. The van der Waals surface area contributed by atoms with Gasteiger partial charge in [-0.3, -0.25) is 4.79 Å². The first-order valence-corrected chi connectivity index (χ1v) is 9.78. The number of carbonyl (C=O) groups is 2. The van der Waals surface area contributed by atoms with Crippen LogP contribution in [0.3, 0.4) is 0 Å². The van der Waals surface area contributed by atoms with Crippen LogP contribution in [0.2, 0.25) is 0 Å². The van der Waals surface area contributed by atoms with Crippen LogP contribution < -0.4 is 10.9 Å². The quantitative estimate of drug-likeness (QED) is 0.557. The predicted octanol–water partition coefficient (Wildman–Crippen LogP) is 3.85. The maximum absolute atomic E-state index is 12.5. The van der Waals surface area contributed by atoms with Gasteiger partial charge in [-0.1, -0.05) is 19.8 Å². The van der Waals surface area contributed by atoms with E-state index in [2.05, 4.69) is 5.32 Å². The van der Waals surface area contributed by atoms with Gasteiger partial charge in [0.05, 0.1) is 6.26 Å². The Kier molecular flexibility index (Phi) is 6.06. The maximum atomic E-state index is 12.5. The molecule has 154 valence electrons. The number of carboxylic acids is 1. The van der Waals surface area contributed by atoms with Crippen molar-refractivity contribution < 1.29 is 23.5 Å². The number of benzene rings is 1. The molecule has 0 bridgehead atoms. The molecule has 7 nitrogen and oxygen atoms in total. The van der Waals surface area contributed by atoms with E-state index in [1.807, 2.05) is 26.8 Å². The summed E-state index contributed by atoms with van der Waals surface area (Å²) >= 11 is 0. The molecular weight excluding hydrogens is 374 g/mol. The van der Waals surface area contributed by atoms with E-state index in [4.69, 9.17) is 8.83 Å². The lowest BCUT2D eigenvalue weighted by atomic mass is 10.0. The summed E-state index contributed by atoms with van der Waals surface area (Å²) in [7, 11) is 0. The number of hydrogen-bond acceptors (Lipinski definition) is 5. The highest BCUT2D eigenvalue weighted by atomic mass is 16.4. The highest BCUT2D eigenvalue weighted by molar-refractivity contribution is 5.96. The van der Waals surface area contributed by atoms with Crippen LogP contribution in [0.25, 0.3) is 21.9 Å². The highest BCUT2D eigenvalue weighted by Gasteiger charge is 2.20. The number of hydrogen-bond donors (Lipinski definition) is 2. The summed E-state index contributed by atoms with van der Waals surface area (Å²) in [6.45, 7) is 5.73. The highest BCUT2D eigenvalue weighted by Crippen LogP contribution is 2.29. The SMILES string of the molecule is CCCC[C@H](NC(=O)CCc1c(C)c2cc3c(C)coc3cc2oc1=O)C(=O)O. The van der Waals surface area contributed by atoms with Gasteiger partial charge in [-0.05, 0) is 43.9 Å². The van der Waals surface area contributed by atoms with Gasteiger partial charge in [-0.2, -0.15) is 0 Å². The second-order valence-electron chi connectivity index (χ2n) is 7.36. The number of unbranched alkanes of at least 4 members (excludes halogenated alkanes) is 1. The molecule has 3 aromatic rings. The average Bonchev–Trinajstić information content (AvgIpc) is 3.03. The summed E-state index contributed by atoms with van der Waals surface area (Å²) in [5, 5.41) is 13.5. The molecule has 0 spiro atoms. The van der Waals surface area contributed by atoms with Crippen molar-refractivity contribution >= 4 is 33.8 Å². The van der Waals surface area contributed by atoms with E-state index in [9.17, 15) is 19.5 Å². The zero-order chi connectivity index (χ0) is 21.1. The van der Waals surface area contributed by atoms with Crippen LogP contribution in [0.1, 0.15) is 49.3 Å². The molecule has 3 rings (SSSR count). The normalized spacial score (nSPS) is 12.4. The largest absolute Gasteiger partial charge is 0.480 e. The van der Waals surface area contributed by atoms with Gasteiger partial charge in [0.25, 0.3) is 0 Å². The van der Waals surface area contributed by atoms with Gasteiger partial charge < -0.3 is 19.3 Å². The molecule has 0 aliphatic heterocycles. The van der Waals surface area contributed by atoms with Crippen molar-refractivity contribution in [1.82, 2.24) is 5.32 Å². The zero-order valence-electron chi connectivity index (χ0n) is 16.8. The van der Waals surface area contributed by atoms with Crippen molar-refractivity contribution in [3.63, 3.8) is 0 Å². The molecule has 0 aliphatic carbocycles. The molecule has 2 aromatic heterocycles. The van der Waals surface area contributed by atoms with Crippen LogP contribution in [0.4, 0.5) is 0 Å². The lowest BCUT2D eigenvalue weighted by Crippen LogP contribution is -2.40. The van der Waals surface area contributed by atoms with E-state index >= 15 is 0 Å². The van der Waals surface area contributed by atoms with Gasteiger partial charge in [-0.15, -0.1) is 0 Å². The Morgan fingerprint density at radius 1 is 1.17 bits per heavy atom. The number of rotatable bonds is 8. The van der Waals surface area contributed by atoms with Crippen molar-refractivity contribution in [2.45, 2.75) is 58.9 Å². The summed E-state index contributed by atoms with van der Waals surface area (Å²) in [5.74, 6) is -1.44. The first-order chi connectivity index (χ1) is 13.8. The molecule has 0 saturated heterocycles. The summed E-state index contributed by atoms with van der Waals surface area (Å²) < 4.78 is 10.9. The third-order valence-corrected chi connectivity index (χ3v) is 5.26. The Balaban J connectivity index is 1.81. The number of aryl methyl sites for hydroxylation is 2. The molecule has 1 amide bonds. The number of carbonyl (C=O) groups excluding carboxylic acids is 1. The maximum Gasteiger partial charge on any atom is 0.339 e. The monoisotopic (exact) mass is 399 g/mol. The van der Waals surface area contributed by atoms with Crippen molar-refractivity contribution in [2.24, 2.45) is 0 Å². The molecule has 0 saturated carbocycles. The first-order valence-electron chi connectivity index (χ1n) is 9.78. The summed E-state index contributed by atoms with van der Waals surface area (Å²) in [5.41, 5.74) is 2.76. The van der Waals surface area contributed by atoms with Crippen molar-refractivity contribution in [2.75, 3.05) is 0 Å². The van der Waals surface area contributed by atoms with E-state index in [1.165, 1.54) is 0 Å². The van der Waals surface area contributed by atoms with Gasteiger partial charge in [0.1, 0.15) is 17.2 Å². The van der Waals surface area contributed by atoms with Crippen molar-refractivity contribution in [3.8, 4) is 0 Å². The molecule has 2 N–H and O–H groups in total. The minimum absolute atomic E-state index is 0.0139. The number of fused-ring (bicyclic) bond motifs is 2. The van der Waals surface area contributed by atoms with Gasteiger partial charge >= 0.3 is 11.6 Å². The fourth-order valence-corrected chi connectivity index (χ4v) is 3.50. The van der Waals surface area contributed by atoms with E-state index in [1.54, 1.807) is 12.3 Å². The second kappa shape index (κ2) is 8.51. The fraction of sp³-hybridized carbons (Fsp3) is 0.409. The standard InChI is InChI=1S/C22H25NO6/c1-4-5-6-17(21(25)26)23-20(24)8-7-14-13(3)16-9-15-12(2)11-28-18(15)10-19(16)29-22(14)27/h9-11,17H,4-8H2,1-3H3,(H,23,24)(H,25,26)/t17-/m0/s1. The molecule has 1 aromatic carbocycles. The number of nitrogens with one attached hydrogen (secondary N) is 1. The Labute approximate surface area is 167 Å². The molecule has 0 radical (unpaired) electrons. The summed E-state index contributed by atoms with van der Waals surface area (Å²) in [6, 6.07) is 2.72. The molecule has 0 unspecified atom stereocenters.